The van der Waals surface area contributed by atoms with Gasteiger partial charge in [0.25, 0.3) is 0 Å². The van der Waals surface area contributed by atoms with Crippen LogP contribution in [0.3, 0.4) is 0 Å². The number of rotatable bonds is 2. The Morgan fingerprint density at radius 2 is 2.19 bits per heavy atom. The van der Waals surface area contributed by atoms with Gasteiger partial charge in [0.05, 0.1) is 12.0 Å². The number of carbonyl (C=O) groups excluding carboxylic acids is 1. The van der Waals surface area contributed by atoms with Gasteiger partial charge in [0.1, 0.15) is 0 Å². The molecule has 0 bridgehead atoms. The molecule has 0 aliphatic carbocycles. The summed E-state index contributed by atoms with van der Waals surface area (Å²) in [5, 5.41) is 11.5. The van der Waals surface area contributed by atoms with Crippen LogP contribution in [0.5, 0.6) is 0 Å². The molecule has 0 aromatic heterocycles. The van der Waals surface area contributed by atoms with Gasteiger partial charge in [0, 0.05) is 19.8 Å². The molecule has 1 aromatic carbocycles. The molecule has 1 aromatic rings. The van der Waals surface area contributed by atoms with E-state index in [1.54, 1.807) is 20.2 Å². The van der Waals surface area contributed by atoms with Gasteiger partial charge < -0.3 is 10.2 Å². The lowest BCUT2D eigenvalue weighted by Crippen LogP contribution is -2.27. The lowest BCUT2D eigenvalue weighted by Gasteiger charge is -2.13. The maximum absolute atomic E-state index is 11.4. The molecule has 0 radical (unpaired) electrons. The normalized spacial score (nSPS) is 11.4. The Hall–Kier alpha value is -2.02. The fourth-order valence-corrected chi connectivity index (χ4v) is 1.20. The number of nitrogens with zero attached hydrogens (tertiary/aromatic N) is 2. The minimum absolute atomic E-state index is 0.170. The maximum atomic E-state index is 11.4. The molecule has 0 fully saturated rings. The summed E-state index contributed by atoms with van der Waals surface area (Å²) in [6, 6.07) is 9.30. The van der Waals surface area contributed by atoms with E-state index in [9.17, 15) is 4.79 Å². The monoisotopic (exact) mass is 217 g/mol. The third kappa shape index (κ3) is 2.99. The molecule has 2 amide bonds. The van der Waals surface area contributed by atoms with Gasteiger partial charge in [-0.1, -0.05) is 12.1 Å². The summed E-state index contributed by atoms with van der Waals surface area (Å²) in [5.74, 6) is -0.170. The van der Waals surface area contributed by atoms with Crippen LogP contribution in [0.2, 0.25) is 0 Å². The SMILES string of the molecule is CC(C#N)c1cccc(NC(=O)N(C)C)c1. The minimum Gasteiger partial charge on any atom is -0.331 e. The molecule has 0 saturated carbocycles. The predicted octanol–water partition coefficient (Wildman–Crippen LogP) is 2.41. The highest BCUT2D eigenvalue weighted by Crippen LogP contribution is 2.18. The molecule has 84 valence electrons. The molecule has 1 unspecified atom stereocenters. The smallest absolute Gasteiger partial charge is 0.321 e. The molecule has 0 aliphatic rings. The third-order valence-corrected chi connectivity index (χ3v) is 2.24. The van der Waals surface area contributed by atoms with Gasteiger partial charge in [-0.2, -0.15) is 5.26 Å². The molecule has 0 spiro atoms. The van der Waals surface area contributed by atoms with Crippen molar-refractivity contribution in [3.8, 4) is 6.07 Å². The van der Waals surface area contributed by atoms with Crippen molar-refractivity contribution in [2.45, 2.75) is 12.8 Å². The number of hydrogen-bond donors (Lipinski definition) is 1. The van der Waals surface area contributed by atoms with Crippen LogP contribution in [-0.2, 0) is 0 Å². The Balaban J connectivity index is 2.84. The van der Waals surface area contributed by atoms with E-state index in [1.165, 1.54) is 4.90 Å². The van der Waals surface area contributed by atoms with Crippen molar-refractivity contribution in [2.24, 2.45) is 0 Å². The summed E-state index contributed by atoms with van der Waals surface area (Å²) in [4.78, 5) is 12.9. The highest BCUT2D eigenvalue weighted by Gasteiger charge is 2.07. The van der Waals surface area contributed by atoms with E-state index in [-0.39, 0.29) is 11.9 Å². The number of urea groups is 1. The number of benzene rings is 1. The molecule has 16 heavy (non-hydrogen) atoms. The van der Waals surface area contributed by atoms with Crippen LogP contribution < -0.4 is 5.32 Å². The van der Waals surface area contributed by atoms with E-state index in [0.29, 0.717) is 5.69 Å². The van der Waals surface area contributed by atoms with E-state index < -0.39 is 0 Å². The Bertz CT molecular complexity index is 421. The Morgan fingerprint density at radius 1 is 1.50 bits per heavy atom. The Morgan fingerprint density at radius 3 is 2.75 bits per heavy atom. The average Bonchev–Trinajstić information content (AvgIpc) is 2.28. The van der Waals surface area contributed by atoms with Gasteiger partial charge in [-0.25, -0.2) is 4.79 Å². The van der Waals surface area contributed by atoms with Crippen molar-refractivity contribution in [2.75, 3.05) is 19.4 Å². The zero-order valence-corrected chi connectivity index (χ0v) is 9.69. The van der Waals surface area contributed by atoms with Crippen LogP contribution in [0.15, 0.2) is 24.3 Å². The zero-order chi connectivity index (χ0) is 12.1. The van der Waals surface area contributed by atoms with Crippen LogP contribution in [0, 0.1) is 11.3 Å². The van der Waals surface area contributed by atoms with Crippen LogP contribution in [0.4, 0.5) is 10.5 Å². The molecular weight excluding hydrogens is 202 g/mol. The van der Waals surface area contributed by atoms with Crippen molar-refractivity contribution < 1.29 is 4.79 Å². The van der Waals surface area contributed by atoms with Crippen molar-refractivity contribution >= 4 is 11.7 Å². The number of hydrogen-bond acceptors (Lipinski definition) is 2. The highest BCUT2D eigenvalue weighted by atomic mass is 16.2. The Kier molecular flexibility index (Phi) is 3.90. The predicted molar refractivity (Wildman–Crippen MR) is 63.2 cm³/mol. The summed E-state index contributed by atoms with van der Waals surface area (Å²) in [6.07, 6.45) is 0. The van der Waals surface area contributed by atoms with E-state index in [2.05, 4.69) is 11.4 Å². The number of carbonyl (C=O) groups is 1. The van der Waals surface area contributed by atoms with E-state index >= 15 is 0 Å². The van der Waals surface area contributed by atoms with Gasteiger partial charge in [-0.15, -0.1) is 0 Å². The Labute approximate surface area is 95.5 Å². The van der Waals surface area contributed by atoms with Crippen molar-refractivity contribution in [3.05, 3.63) is 29.8 Å². The molecule has 4 heteroatoms. The first-order chi connectivity index (χ1) is 7.54. The lowest BCUT2D eigenvalue weighted by atomic mass is 10.0. The summed E-state index contributed by atoms with van der Waals surface area (Å²) < 4.78 is 0. The summed E-state index contributed by atoms with van der Waals surface area (Å²) >= 11 is 0. The maximum Gasteiger partial charge on any atom is 0.321 e. The molecule has 0 aliphatic heterocycles. The quantitative estimate of drug-likeness (QED) is 0.827. The standard InChI is InChI=1S/C12H15N3O/c1-9(8-13)10-5-4-6-11(7-10)14-12(16)15(2)3/h4-7,9H,1-3H3,(H,14,16). The van der Waals surface area contributed by atoms with E-state index in [0.717, 1.165) is 5.56 Å². The largest absolute Gasteiger partial charge is 0.331 e. The van der Waals surface area contributed by atoms with Gasteiger partial charge >= 0.3 is 6.03 Å². The van der Waals surface area contributed by atoms with Crippen LogP contribution in [0.1, 0.15) is 18.4 Å². The summed E-state index contributed by atoms with van der Waals surface area (Å²) in [6.45, 7) is 1.83. The third-order valence-electron chi connectivity index (χ3n) is 2.24. The van der Waals surface area contributed by atoms with Crippen molar-refractivity contribution in [1.82, 2.24) is 4.90 Å². The molecule has 4 nitrogen and oxygen atoms in total. The first-order valence-electron chi connectivity index (χ1n) is 5.02. The average molecular weight is 217 g/mol. The minimum atomic E-state index is -0.179. The molecule has 1 rings (SSSR count). The van der Waals surface area contributed by atoms with Crippen molar-refractivity contribution in [3.63, 3.8) is 0 Å². The fourth-order valence-electron chi connectivity index (χ4n) is 1.20. The lowest BCUT2D eigenvalue weighted by molar-refractivity contribution is 0.230. The first kappa shape index (κ1) is 12.1. The topological polar surface area (TPSA) is 56.1 Å². The van der Waals surface area contributed by atoms with Gasteiger partial charge in [0.15, 0.2) is 0 Å². The van der Waals surface area contributed by atoms with E-state index in [1.807, 2.05) is 25.1 Å². The van der Waals surface area contributed by atoms with Gasteiger partial charge in [0.2, 0.25) is 0 Å². The summed E-state index contributed by atoms with van der Waals surface area (Å²) in [5.41, 5.74) is 1.61. The number of amides is 2. The second kappa shape index (κ2) is 5.17. The van der Waals surface area contributed by atoms with Crippen molar-refractivity contribution in [1.29, 1.82) is 5.26 Å². The molecular formula is C12H15N3O. The van der Waals surface area contributed by atoms with Gasteiger partial charge in [-0.05, 0) is 24.6 Å². The second-order valence-corrected chi connectivity index (χ2v) is 3.80. The molecule has 0 heterocycles. The number of nitriles is 1. The highest BCUT2D eigenvalue weighted by molar-refractivity contribution is 5.89. The number of anilines is 1. The molecule has 0 saturated heterocycles. The summed E-state index contributed by atoms with van der Waals surface area (Å²) in [7, 11) is 3.36. The molecule has 1 N–H and O–H groups in total. The first-order valence-corrected chi connectivity index (χ1v) is 5.02. The van der Waals surface area contributed by atoms with Crippen LogP contribution in [0.25, 0.3) is 0 Å². The number of nitrogens with one attached hydrogen (secondary N) is 1. The fraction of sp³-hybridized carbons (Fsp3) is 0.333. The van der Waals surface area contributed by atoms with Crippen LogP contribution in [-0.4, -0.2) is 25.0 Å². The van der Waals surface area contributed by atoms with Gasteiger partial charge in [-0.3, -0.25) is 0 Å². The van der Waals surface area contributed by atoms with Crippen LogP contribution >= 0.6 is 0 Å². The zero-order valence-electron chi connectivity index (χ0n) is 9.69. The molecule has 1 atom stereocenters. The second-order valence-electron chi connectivity index (χ2n) is 3.80. The van der Waals surface area contributed by atoms with E-state index in [4.69, 9.17) is 5.26 Å².